The van der Waals surface area contributed by atoms with Gasteiger partial charge in [-0.2, -0.15) is 5.26 Å². The lowest BCUT2D eigenvalue weighted by Gasteiger charge is -2.26. The van der Waals surface area contributed by atoms with E-state index in [1.807, 2.05) is 0 Å². The number of nitriles is 1. The van der Waals surface area contributed by atoms with Crippen LogP contribution in [-0.2, 0) is 0 Å². The first-order valence-electron chi connectivity index (χ1n) is 6.67. The van der Waals surface area contributed by atoms with Crippen LogP contribution >= 0.6 is 11.6 Å². The highest BCUT2D eigenvalue weighted by Crippen LogP contribution is 2.26. The van der Waals surface area contributed by atoms with Gasteiger partial charge in [-0.05, 0) is 37.0 Å². The van der Waals surface area contributed by atoms with Crippen molar-refractivity contribution in [3.05, 3.63) is 34.9 Å². The van der Waals surface area contributed by atoms with Crippen LogP contribution in [0.25, 0.3) is 0 Å². The Bertz CT molecular complexity index is 489. The molecule has 2 rings (SSSR count). The van der Waals surface area contributed by atoms with Crippen LogP contribution in [0.3, 0.4) is 0 Å². The van der Waals surface area contributed by atoms with E-state index in [-0.39, 0.29) is 11.8 Å². The highest BCUT2D eigenvalue weighted by molar-refractivity contribution is 6.30. The summed E-state index contributed by atoms with van der Waals surface area (Å²) in [6, 6.07) is 8.61. The van der Waals surface area contributed by atoms with Gasteiger partial charge in [-0.3, -0.25) is 4.79 Å². The zero-order valence-corrected chi connectivity index (χ0v) is 11.5. The molecule has 1 aromatic carbocycles. The van der Waals surface area contributed by atoms with Gasteiger partial charge in [0.05, 0.1) is 6.07 Å². The van der Waals surface area contributed by atoms with Gasteiger partial charge in [0.1, 0.15) is 6.04 Å². The maximum atomic E-state index is 12.1. The molecule has 1 aromatic rings. The second kappa shape index (κ2) is 6.58. The fourth-order valence-corrected chi connectivity index (χ4v) is 2.77. The molecule has 1 fully saturated rings. The number of carbonyl (C=O) groups is 1. The van der Waals surface area contributed by atoms with E-state index in [4.69, 9.17) is 11.6 Å². The molecule has 1 unspecified atom stereocenters. The number of amides is 1. The van der Waals surface area contributed by atoms with Crippen molar-refractivity contribution in [2.75, 3.05) is 0 Å². The van der Waals surface area contributed by atoms with Gasteiger partial charge in [0.2, 0.25) is 0 Å². The Morgan fingerprint density at radius 1 is 1.37 bits per heavy atom. The van der Waals surface area contributed by atoms with Crippen LogP contribution in [0.5, 0.6) is 0 Å². The van der Waals surface area contributed by atoms with Crippen molar-refractivity contribution < 1.29 is 4.79 Å². The molecular formula is C15H17ClN2O. The highest BCUT2D eigenvalue weighted by Gasteiger charge is 2.25. The van der Waals surface area contributed by atoms with Crippen molar-refractivity contribution in [1.82, 2.24) is 5.32 Å². The molecule has 4 heteroatoms. The van der Waals surface area contributed by atoms with Crippen molar-refractivity contribution in [2.45, 2.75) is 38.1 Å². The van der Waals surface area contributed by atoms with E-state index >= 15 is 0 Å². The van der Waals surface area contributed by atoms with Gasteiger partial charge in [-0.1, -0.05) is 36.9 Å². The Hall–Kier alpha value is -1.53. The fourth-order valence-electron chi connectivity index (χ4n) is 2.58. The number of halogens is 1. The van der Waals surface area contributed by atoms with Crippen LogP contribution in [0.15, 0.2) is 24.3 Å². The smallest absolute Gasteiger partial charge is 0.252 e. The predicted molar refractivity (Wildman–Crippen MR) is 74.9 cm³/mol. The maximum absolute atomic E-state index is 12.1. The van der Waals surface area contributed by atoms with E-state index in [1.165, 1.54) is 6.42 Å². The van der Waals surface area contributed by atoms with Crippen molar-refractivity contribution >= 4 is 17.5 Å². The lowest BCUT2D eigenvalue weighted by Crippen LogP contribution is -2.40. The van der Waals surface area contributed by atoms with Gasteiger partial charge in [-0.25, -0.2) is 0 Å². The summed E-state index contributed by atoms with van der Waals surface area (Å²) >= 11 is 5.86. The zero-order chi connectivity index (χ0) is 13.7. The predicted octanol–water partition coefficient (Wildman–Crippen LogP) is 3.54. The monoisotopic (exact) mass is 276 g/mol. The second-order valence-corrected chi connectivity index (χ2v) is 5.43. The van der Waals surface area contributed by atoms with E-state index in [0.29, 0.717) is 10.6 Å². The third kappa shape index (κ3) is 3.71. The molecule has 100 valence electrons. The first-order chi connectivity index (χ1) is 9.20. The Morgan fingerprint density at radius 3 is 2.74 bits per heavy atom. The van der Waals surface area contributed by atoms with Gasteiger partial charge in [-0.15, -0.1) is 0 Å². The average molecular weight is 277 g/mol. The standard InChI is InChI=1S/C15H17ClN2O/c16-13-8-4-7-12(9-13)15(19)18-14(10-17)11-5-2-1-3-6-11/h4,7-9,11,14H,1-3,5-6H2,(H,18,19). The third-order valence-corrected chi connectivity index (χ3v) is 3.87. The zero-order valence-electron chi connectivity index (χ0n) is 10.7. The van der Waals surface area contributed by atoms with Gasteiger partial charge < -0.3 is 5.32 Å². The summed E-state index contributed by atoms with van der Waals surface area (Å²) in [4.78, 5) is 12.1. The molecule has 0 aliphatic heterocycles. The summed E-state index contributed by atoms with van der Waals surface area (Å²) in [5, 5.41) is 12.6. The average Bonchev–Trinajstić information content (AvgIpc) is 2.45. The minimum absolute atomic E-state index is 0.223. The molecule has 0 spiro atoms. The molecular weight excluding hydrogens is 260 g/mol. The van der Waals surface area contributed by atoms with E-state index in [9.17, 15) is 10.1 Å². The summed E-state index contributed by atoms with van der Waals surface area (Å²) in [5.74, 6) is 0.0570. The lowest BCUT2D eigenvalue weighted by atomic mass is 9.84. The number of carbonyl (C=O) groups excluding carboxylic acids is 1. The molecule has 0 radical (unpaired) electrons. The fraction of sp³-hybridized carbons (Fsp3) is 0.467. The molecule has 1 amide bonds. The first-order valence-corrected chi connectivity index (χ1v) is 7.04. The van der Waals surface area contributed by atoms with E-state index in [0.717, 1.165) is 25.7 Å². The highest BCUT2D eigenvalue weighted by atomic mass is 35.5. The summed E-state index contributed by atoms with van der Waals surface area (Å²) < 4.78 is 0. The van der Waals surface area contributed by atoms with Crippen molar-refractivity contribution in [1.29, 1.82) is 5.26 Å². The van der Waals surface area contributed by atoms with E-state index < -0.39 is 6.04 Å². The quantitative estimate of drug-likeness (QED) is 0.918. The molecule has 1 saturated carbocycles. The van der Waals surface area contributed by atoms with Crippen molar-refractivity contribution in [3.63, 3.8) is 0 Å². The van der Waals surface area contributed by atoms with Crippen LogP contribution in [0.4, 0.5) is 0 Å². The minimum Gasteiger partial charge on any atom is -0.336 e. The SMILES string of the molecule is N#CC(NC(=O)c1cccc(Cl)c1)C1CCCCC1. The second-order valence-electron chi connectivity index (χ2n) is 4.99. The van der Waals surface area contributed by atoms with E-state index in [2.05, 4.69) is 11.4 Å². The van der Waals surface area contributed by atoms with Crippen molar-refractivity contribution in [2.24, 2.45) is 5.92 Å². The molecule has 1 N–H and O–H groups in total. The van der Waals surface area contributed by atoms with E-state index in [1.54, 1.807) is 24.3 Å². The lowest BCUT2D eigenvalue weighted by molar-refractivity contribution is 0.0929. The van der Waals surface area contributed by atoms with Crippen molar-refractivity contribution in [3.8, 4) is 6.07 Å². The van der Waals surface area contributed by atoms with Crippen LogP contribution in [0.1, 0.15) is 42.5 Å². The van der Waals surface area contributed by atoms with Crippen LogP contribution < -0.4 is 5.32 Å². The molecule has 0 bridgehead atoms. The topological polar surface area (TPSA) is 52.9 Å². The number of rotatable bonds is 3. The number of benzene rings is 1. The molecule has 0 heterocycles. The Morgan fingerprint density at radius 2 is 2.11 bits per heavy atom. The number of nitrogens with one attached hydrogen (secondary N) is 1. The Balaban J connectivity index is 2.02. The molecule has 0 aromatic heterocycles. The summed E-state index contributed by atoms with van der Waals surface area (Å²) in [5.41, 5.74) is 0.503. The summed E-state index contributed by atoms with van der Waals surface area (Å²) in [6.07, 6.45) is 5.57. The Kier molecular flexibility index (Phi) is 4.81. The first kappa shape index (κ1) is 13.9. The largest absolute Gasteiger partial charge is 0.336 e. The molecule has 1 atom stereocenters. The molecule has 0 saturated heterocycles. The van der Waals surface area contributed by atoms with Gasteiger partial charge >= 0.3 is 0 Å². The number of nitrogens with zero attached hydrogens (tertiary/aromatic N) is 1. The van der Waals surface area contributed by atoms with Gasteiger partial charge in [0.15, 0.2) is 0 Å². The van der Waals surface area contributed by atoms with Gasteiger partial charge in [0, 0.05) is 10.6 Å². The normalized spacial score (nSPS) is 17.5. The van der Waals surface area contributed by atoms with Crippen LogP contribution in [0, 0.1) is 17.2 Å². The summed E-state index contributed by atoms with van der Waals surface area (Å²) in [7, 11) is 0. The maximum Gasteiger partial charge on any atom is 0.252 e. The molecule has 19 heavy (non-hydrogen) atoms. The molecule has 1 aliphatic carbocycles. The van der Waals surface area contributed by atoms with Gasteiger partial charge in [0.25, 0.3) is 5.91 Å². The number of hydrogen-bond acceptors (Lipinski definition) is 2. The Labute approximate surface area is 118 Å². The minimum atomic E-state index is -0.396. The number of hydrogen-bond donors (Lipinski definition) is 1. The summed E-state index contributed by atoms with van der Waals surface area (Å²) in [6.45, 7) is 0. The molecule has 3 nitrogen and oxygen atoms in total. The third-order valence-electron chi connectivity index (χ3n) is 3.63. The molecule has 1 aliphatic rings. The van der Waals surface area contributed by atoms with Crippen LogP contribution in [0.2, 0.25) is 5.02 Å². The van der Waals surface area contributed by atoms with Crippen LogP contribution in [-0.4, -0.2) is 11.9 Å².